The summed E-state index contributed by atoms with van der Waals surface area (Å²) in [6.07, 6.45) is 1.29. The van der Waals surface area contributed by atoms with Crippen molar-refractivity contribution in [1.29, 1.82) is 0 Å². The zero-order chi connectivity index (χ0) is 7.03. The molecule has 2 aliphatic heterocycles. The third kappa shape index (κ3) is 0.713. The Morgan fingerprint density at radius 3 is 3.30 bits per heavy atom. The van der Waals surface area contributed by atoms with E-state index in [0.29, 0.717) is 0 Å². The molecule has 0 aromatic heterocycles. The Kier molecular flexibility index (Phi) is 1.44. The van der Waals surface area contributed by atoms with Crippen LogP contribution in [0.3, 0.4) is 0 Å². The van der Waals surface area contributed by atoms with Gasteiger partial charge in [-0.25, -0.2) is 0 Å². The van der Waals surface area contributed by atoms with Crippen LogP contribution in [0.15, 0.2) is 0 Å². The topological polar surface area (TPSA) is 41.5 Å². The van der Waals surface area contributed by atoms with E-state index in [1.54, 1.807) is 0 Å². The zero-order valence-corrected chi connectivity index (χ0v) is 5.97. The van der Waals surface area contributed by atoms with E-state index in [4.69, 9.17) is 9.84 Å². The van der Waals surface area contributed by atoms with Gasteiger partial charge in [0.25, 0.3) is 0 Å². The second-order valence-electron chi connectivity index (χ2n) is 3.26. The molecule has 58 valence electrons. The van der Waals surface area contributed by atoms with Crippen LogP contribution in [0.4, 0.5) is 0 Å². The van der Waals surface area contributed by atoms with Crippen molar-refractivity contribution in [3.8, 4) is 0 Å². The van der Waals surface area contributed by atoms with Gasteiger partial charge in [0, 0.05) is 25.1 Å². The normalized spacial score (nSPS) is 45.9. The quantitative estimate of drug-likeness (QED) is 0.513. The fourth-order valence-electron chi connectivity index (χ4n) is 1.91. The van der Waals surface area contributed by atoms with Gasteiger partial charge in [-0.2, -0.15) is 0 Å². The van der Waals surface area contributed by atoms with Crippen LogP contribution >= 0.6 is 0 Å². The van der Waals surface area contributed by atoms with Crippen molar-refractivity contribution >= 4 is 0 Å². The number of hydrogen-bond acceptors (Lipinski definition) is 3. The summed E-state index contributed by atoms with van der Waals surface area (Å²) in [7, 11) is 0. The molecule has 2 heterocycles. The predicted octanol–water partition coefficient (Wildman–Crippen LogP) is -0.643. The number of hydrogen-bond donors (Lipinski definition) is 2. The summed E-state index contributed by atoms with van der Waals surface area (Å²) in [6.45, 7) is 2.94. The van der Waals surface area contributed by atoms with Gasteiger partial charge in [-0.3, -0.25) is 0 Å². The molecule has 3 nitrogen and oxygen atoms in total. The standard InChI is InChI=1S/C7H13NO2/c9-5-7-1-2-10-6(7)3-8-4-7/h6,8-9H,1-5H2/t6-,7+/m0/s1. The van der Waals surface area contributed by atoms with E-state index >= 15 is 0 Å². The lowest BCUT2D eigenvalue weighted by molar-refractivity contribution is 0.0509. The van der Waals surface area contributed by atoms with E-state index in [-0.39, 0.29) is 18.1 Å². The average Bonchev–Trinajstić information content (AvgIpc) is 2.42. The van der Waals surface area contributed by atoms with Gasteiger partial charge in [-0.1, -0.05) is 0 Å². The van der Waals surface area contributed by atoms with Crippen molar-refractivity contribution in [2.24, 2.45) is 5.41 Å². The molecule has 0 unspecified atom stereocenters. The molecule has 0 aromatic carbocycles. The molecule has 0 aliphatic carbocycles. The van der Waals surface area contributed by atoms with Crippen LogP contribution in [-0.4, -0.2) is 37.5 Å². The first kappa shape index (κ1) is 6.58. The van der Waals surface area contributed by atoms with Gasteiger partial charge in [-0.15, -0.1) is 0 Å². The molecule has 2 saturated heterocycles. The van der Waals surface area contributed by atoms with Gasteiger partial charge in [0.1, 0.15) is 0 Å². The second-order valence-corrected chi connectivity index (χ2v) is 3.26. The van der Waals surface area contributed by atoms with Crippen LogP contribution in [0.25, 0.3) is 0 Å². The molecule has 10 heavy (non-hydrogen) atoms. The SMILES string of the molecule is OC[C@]12CCO[C@H]1CNC2. The van der Waals surface area contributed by atoms with Crippen LogP contribution in [0, 0.1) is 5.41 Å². The number of rotatable bonds is 1. The Balaban J connectivity index is 2.15. The largest absolute Gasteiger partial charge is 0.396 e. The summed E-state index contributed by atoms with van der Waals surface area (Å²) in [5.41, 5.74) is 0.0694. The van der Waals surface area contributed by atoms with E-state index in [9.17, 15) is 0 Å². The van der Waals surface area contributed by atoms with Gasteiger partial charge in [0.05, 0.1) is 12.7 Å². The van der Waals surface area contributed by atoms with Gasteiger partial charge >= 0.3 is 0 Å². The molecule has 0 spiro atoms. The molecule has 2 aliphatic rings. The van der Waals surface area contributed by atoms with E-state index < -0.39 is 0 Å². The lowest BCUT2D eigenvalue weighted by atomic mass is 9.85. The Hall–Kier alpha value is -0.120. The fraction of sp³-hybridized carbons (Fsp3) is 1.00. The van der Waals surface area contributed by atoms with Crippen LogP contribution in [-0.2, 0) is 4.74 Å². The smallest absolute Gasteiger partial charge is 0.0790 e. The summed E-state index contributed by atoms with van der Waals surface area (Å²) < 4.78 is 5.45. The number of nitrogens with one attached hydrogen (secondary N) is 1. The van der Waals surface area contributed by atoms with Crippen LogP contribution in [0.5, 0.6) is 0 Å². The Bertz CT molecular complexity index is 128. The summed E-state index contributed by atoms with van der Waals surface area (Å²) >= 11 is 0. The summed E-state index contributed by atoms with van der Waals surface area (Å²) in [4.78, 5) is 0. The van der Waals surface area contributed by atoms with Gasteiger partial charge < -0.3 is 15.2 Å². The van der Waals surface area contributed by atoms with Crippen molar-refractivity contribution < 1.29 is 9.84 Å². The van der Waals surface area contributed by atoms with Crippen LogP contribution in [0.1, 0.15) is 6.42 Å². The number of aliphatic hydroxyl groups excluding tert-OH is 1. The van der Waals surface area contributed by atoms with Crippen molar-refractivity contribution in [3.63, 3.8) is 0 Å². The molecular formula is C7H13NO2. The predicted molar refractivity (Wildman–Crippen MR) is 36.7 cm³/mol. The maximum atomic E-state index is 9.11. The molecule has 2 fully saturated rings. The van der Waals surface area contributed by atoms with Crippen molar-refractivity contribution in [2.45, 2.75) is 12.5 Å². The highest BCUT2D eigenvalue weighted by atomic mass is 16.5. The Labute approximate surface area is 60.4 Å². The van der Waals surface area contributed by atoms with Crippen molar-refractivity contribution in [2.75, 3.05) is 26.3 Å². The summed E-state index contributed by atoms with van der Waals surface area (Å²) in [6, 6.07) is 0. The van der Waals surface area contributed by atoms with Gasteiger partial charge in [0.15, 0.2) is 0 Å². The van der Waals surface area contributed by atoms with E-state index in [0.717, 1.165) is 26.1 Å². The minimum atomic E-state index is 0.0694. The van der Waals surface area contributed by atoms with Crippen molar-refractivity contribution in [3.05, 3.63) is 0 Å². The minimum absolute atomic E-state index is 0.0694. The highest BCUT2D eigenvalue weighted by Crippen LogP contribution is 2.36. The van der Waals surface area contributed by atoms with Gasteiger partial charge in [-0.05, 0) is 6.42 Å². The maximum Gasteiger partial charge on any atom is 0.0790 e. The molecule has 2 rings (SSSR count). The molecule has 0 saturated carbocycles. The number of ether oxygens (including phenoxy) is 1. The number of fused-ring (bicyclic) bond motifs is 1. The molecule has 3 heteroatoms. The molecule has 2 atom stereocenters. The molecule has 0 amide bonds. The Morgan fingerprint density at radius 1 is 1.70 bits per heavy atom. The monoisotopic (exact) mass is 143 g/mol. The van der Waals surface area contributed by atoms with Crippen LogP contribution in [0.2, 0.25) is 0 Å². The van der Waals surface area contributed by atoms with E-state index in [1.165, 1.54) is 0 Å². The molecule has 0 bridgehead atoms. The molecule has 0 radical (unpaired) electrons. The molecule has 0 aromatic rings. The van der Waals surface area contributed by atoms with Crippen molar-refractivity contribution in [1.82, 2.24) is 5.32 Å². The third-order valence-corrected chi connectivity index (χ3v) is 2.72. The number of aliphatic hydroxyl groups is 1. The fourth-order valence-corrected chi connectivity index (χ4v) is 1.91. The summed E-state index contributed by atoms with van der Waals surface area (Å²) in [5, 5.41) is 12.3. The van der Waals surface area contributed by atoms with E-state index in [2.05, 4.69) is 5.32 Å². The van der Waals surface area contributed by atoms with Crippen LogP contribution < -0.4 is 5.32 Å². The van der Waals surface area contributed by atoms with E-state index in [1.807, 2.05) is 0 Å². The zero-order valence-electron chi connectivity index (χ0n) is 5.97. The first-order chi connectivity index (χ1) is 4.87. The highest BCUT2D eigenvalue weighted by Gasteiger charge is 2.46. The molecule has 2 N–H and O–H groups in total. The first-order valence-electron chi connectivity index (χ1n) is 3.81. The minimum Gasteiger partial charge on any atom is -0.396 e. The lowest BCUT2D eigenvalue weighted by Crippen LogP contribution is -2.33. The second kappa shape index (κ2) is 2.19. The maximum absolute atomic E-state index is 9.11. The lowest BCUT2D eigenvalue weighted by Gasteiger charge is -2.22. The first-order valence-corrected chi connectivity index (χ1v) is 3.81. The van der Waals surface area contributed by atoms with Gasteiger partial charge in [0.2, 0.25) is 0 Å². The average molecular weight is 143 g/mol. The Morgan fingerprint density at radius 2 is 2.60 bits per heavy atom. The molecular weight excluding hydrogens is 130 g/mol. The summed E-state index contributed by atoms with van der Waals surface area (Å²) in [5.74, 6) is 0. The highest BCUT2D eigenvalue weighted by molar-refractivity contribution is 4.99. The third-order valence-electron chi connectivity index (χ3n) is 2.72.